The van der Waals surface area contributed by atoms with E-state index in [0.717, 1.165) is 19.3 Å². The normalized spacial score (nSPS) is 13.4. The van der Waals surface area contributed by atoms with Crippen LogP contribution in [-0.2, 0) is 11.3 Å². The molecule has 1 aliphatic heterocycles. The highest BCUT2D eigenvalue weighted by atomic mass is 35.5. The molecular weight excluding hydrogens is 378 g/mol. The van der Waals surface area contributed by atoms with Gasteiger partial charge in [0.15, 0.2) is 22.3 Å². The molecule has 5 nitrogen and oxygen atoms in total. The SMILES string of the molecule is CCCCCCCCCCCCn1c(Cl)c2c(c1C(=O)OCC)OCCCO2. The van der Waals surface area contributed by atoms with Crippen LogP contribution in [0, 0.1) is 0 Å². The maximum atomic E-state index is 12.5. The van der Waals surface area contributed by atoms with Crippen molar-refractivity contribution in [3.05, 3.63) is 10.8 Å². The lowest BCUT2D eigenvalue weighted by molar-refractivity contribution is 0.0508. The van der Waals surface area contributed by atoms with Gasteiger partial charge in [-0.3, -0.25) is 0 Å². The van der Waals surface area contributed by atoms with Crippen molar-refractivity contribution in [2.45, 2.75) is 91.0 Å². The molecule has 1 aromatic heterocycles. The number of carbonyl (C=O) groups is 1. The molecule has 160 valence electrons. The summed E-state index contributed by atoms with van der Waals surface area (Å²) in [5, 5.41) is 0.441. The number of nitrogens with zero attached hydrogens (tertiary/aromatic N) is 1. The van der Waals surface area contributed by atoms with Gasteiger partial charge in [-0.1, -0.05) is 76.3 Å². The lowest BCUT2D eigenvalue weighted by Gasteiger charge is -2.11. The molecule has 0 radical (unpaired) electrons. The Morgan fingerprint density at radius 1 is 0.929 bits per heavy atom. The van der Waals surface area contributed by atoms with Crippen LogP contribution in [-0.4, -0.2) is 30.4 Å². The van der Waals surface area contributed by atoms with E-state index < -0.39 is 5.97 Å². The summed E-state index contributed by atoms with van der Waals surface area (Å²) in [4.78, 5) is 12.5. The number of carbonyl (C=O) groups excluding carboxylic acids is 1. The fourth-order valence-corrected chi connectivity index (χ4v) is 3.89. The van der Waals surface area contributed by atoms with Crippen LogP contribution in [0.4, 0.5) is 0 Å². The second-order valence-corrected chi connectivity index (χ2v) is 7.76. The third-order valence-electron chi connectivity index (χ3n) is 5.10. The lowest BCUT2D eigenvalue weighted by Crippen LogP contribution is -2.14. The molecular formula is C22H36ClNO4. The van der Waals surface area contributed by atoms with Crippen molar-refractivity contribution >= 4 is 17.6 Å². The molecule has 0 fully saturated rings. The van der Waals surface area contributed by atoms with Crippen LogP contribution in [0.25, 0.3) is 0 Å². The molecule has 1 aromatic rings. The van der Waals surface area contributed by atoms with Gasteiger partial charge in [-0.05, 0) is 13.3 Å². The molecule has 1 aliphatic rings. The first-order valence-electron chi connectivity index (χ1n) is 11.0. The molecule has 0 N–H and O–H groups in total. The maximum Gasteiger partial charge on any atom is 0.359 e. The van der Waals surface area contributed by atoms with Gasteiger partial charge < -0.3 is 18.8 Å². The van der Waals surface area contributed by atoms with Crippen molar-refractivity contribution in [1.29, 1.82) is 0 Å². The van der Waals surface area contributed by atoms with Crippen molar-refractivity contribution in [3.63, 3.8) is 0 Å². The second-order valence-electron chi connectivity index (χ2n) is 7.40. The average Bonchev–Trinajstić information content (AvgIpc) is 2.83. The standard InChI is InChI=1S/C22H36ClNO4/c1-3-5-6-7-8-9-10-11-12-13-15-24-18(22(25)26-4-2)19-20(21(24)23)28-17-14-16-27-19/h3-17H2,1-2H3. The largest absolute Gasteiger partial charge is 0.487 e. The Hall–Kier alpha value is -1.36. The highest BCUT2D eigenvalue weighted by Gasteiger charge is 2.31. The quantitative estimate of drug-likeness (QED) is 0.277. The minimum Gasteiger partial charge on any atom is -0.487 e. The zero-order chi connectivity index (χ0) is 20.2. The number of aromatic nitrogens is 1. The summed E-state index contributed by atoms with van der Waals surface area (Å²) in [6, 6.07) is 0. The fraction of sp³-hybridized carbons (Fsp3) is 0.773. The Kier molecular flexibility index (Phi) is 10.6. The third-order valence-corrected chi connectivity index (χ3v) is 5.48. The van der Waals surface area contributed by atoms with Crippen molar-refractivity contribution in [2.24, 2.45) is 0 Å². The van der Waals surface area contributed by atoms with Gasteiger partial charge in [0.05, 0.1) is 19.8 Å². The van der Waals surface area contributed by atoms with Crippen LogP contribution < -0.4 is 9.47 Å². The Balaban J connectivity index is 1.86. The van der Waals surface area contributed by atoms with Gasteiger partial charge in [0, 0.05) is 13.0 Å². The Morgan fingerprint density at radius 3 is 2.11 bits per heavy atom. The van der Waals surface area contributed by atoms with Crippen LogP contribution in [0.5, 0.6) is 11.5 Å². The van der Waals surface area contributed by atoms with E-state index in [1.165, 1.54) is 51.4 Å². The number of halogens is 1. The Bertz CT molecular complexity index is 600. The first-order chi connectivity index (χ1) is 13.7. The lowest BCUT2D eigenvalue weighted by atomic mass is 10.1. The second kappa shape index (κ2) is 13.0. The molecule has 0 saturated carbocycles. The first-order valence-corrected chi connectivity index (χ1v) is 11.4. The zero-order valence-electron chi connectivity index (χ0n) is 17.6. The number of fused-ring (bicyclic) bond motifs is 1. The molecule has 28 heavy (non-hydrogen) atoms. The van der Waals surface area contributed by atoms with E-state index in [1.807, 2.05) is 0 Å². The molecule has 0 aromatic carbocycles. The van der Waals surface area contributed by atoms with Gasteiger partial charge in [-0.15, -0.1) is 0 Å². The van der Waals surface area contributed by atoms with Gasteiger partial charge in [0.25, 0.3) is 0 Å². The predicted molar refractivity (Wildman–Crippen MR) is 113 cm³/mol. The average molecular weight is 414 g/mol. The Labute approximate surface area is 174 Å². The molecule has 0 bridgehead atoms. The third kappa shape index (κ3) is 6.61. The number of hydrogen-bond donors (Lipinski definition) is 0. The number of unbranched alkanes of at least 4 members (excludes halogenated alkanes) is 9. The Morgan fingerprint density at radius 2 is 1.50 bits per heavy atom. The van der Waals surface area contributed by atoms with Crippen molar-refractivity contribution < 1.29 is 19.0 Å². The molecule has 2 rings (SSSR count). The van der Waals surface area contributed by atoms with Crippen molar-refractivity contribution in [1.82, 2.24) is 4.57 Å². The first kappa shape index (κ1) is 22.9. The monoisotopic (exact) mass is 413 g/mol. The minimum absolute atomic E-state index is 0.315. The smallest absolute Gasteiger partial charge is 0.359 e. The van der Waals surface area contributed by atoms with E-state index in [0.29, 0.717) is 48.7 Å². The number of esters is 1. The summed E-state index contributed by atoms with van der Waals surface area (Å²) in [6.45, 7) is 6.08. The van der Waals surface area contributed by atoms with Crippen molar-refractivity contribution in [3.8, 4) is 11.5 Å². The van der Waals surface area contributed by atoms with E-state index in [2.05, 4.69) is 6.92 Å². The van der Waals surface area contributed by atoms with Crippen LogP contribution in [0.3, 0.4) is 0 Å². The van der Waals surface area contributed by atoms with Crippen LogP contribution in [0.15, 0.2) is 0 Å². The summed E-state index contributed by atoms with van der Waals surface area (Å²) >= 11 is 6.54. The summed E-state index contributed by atoms with van der Waals surface area (Å²) in [7, 11) is 0. The minimum atomic E-state index is -0.400. The maximum absolute atomic E-state index is 12.5. The summed E-state index contributed by atoms with van der Waals surface area (Å²) < 4.78 is 18.6. The molecule has 0 aliphatic carbocycles. The van der Waals surface area contributed by atoms with E-state index >= 15 is 0 Å². The van der Waals surface area contributed by atoms with Gasteiger partial charge >= 0.3 is 5.97 Å². The summed E-state index contributed by atoms with van der Waals surface area (Å²) in [5.74, 6) is 0.519. The molecule has 0 saturated heterocycles. The van der Waals surface area contributed by atoms with Crippen LogP contribution in [0.2, 0.25) is 5.15 Å². The predicted octanol–water partition coefficient (Wildman–Crippen LogP) is 6.40. The molecule has 0 spiro atoms. The fourth-order valence-electron chi connectivity index (χ4n) is 3.58. The van der Waals surface area contributed by atoms with E-state index in [4.69, 9.17) is 25.8 Å². The number of rotatable bonds is 13. The van der Waals surface area contributed by atoms with E-state index in [1.54, 1.807) is 11.5 Å². The van der Waals surface area contributed by atoms with Crippen LogP contribution in [0.1, 0.15) is 95.0 Å². The van der Waals surface area contributed by atoms with Gasteiger partial charge in [0.2, 0.25) is 0 Å². The van der Waals surface area contributed by atoms with Gasteiger partial charge in [-0.2, -0.15) is 0 Å². The number of ether oxygens (including phenoxy) is 3. The van der Waals surface area contributed by atoms with E-state index in [-0.39, 0.29) is 0 Å². The van der Waals surface area contributed by atoms with E-state index in [9.17, 15) is 4.79 Å². The molecule has 2 heterocycles. The van der Waals surface area contributed by atoms with Crippen molar-refractivity contribution in [2.75, 3.05) is 19.8 Å². The zero-order valence-corrected chi connectivity index (χ0v) is 18.3. The summed E-state index contributed by atoms with van der Waals surface area (Å²) in [5.41, 5.74) is 0.389. The molecule has 0 atom stereocenters. The topological polar surface area (TPSA) is 49.7 Å². The van der Waals surface area contributed by atoms with Gasteiger partial charge in [-0.25, -0.2) is 4.79 Å². The summed E-state index contributed by atoms with van der Waals surface area (Å²) in [6.07, 6.45) is 13.4. The van der Waals surface area contributed by atoms with Crippen LogP contribution >= 0.6 is 11.6 Å². The van der Waals surface area contributed by atoms with Gasteiger partial charge in [0.1, 0.15) is 0 Å². The molecule has 0 amide bonds. The highest BCUT2D eigenvalue weighted by Crippen LogP contribution is 2.43. The highest BCUT2D eigenvalue weighted by molar-refractivity contribution is 6.32. The number of hydrogen-bond acceptors (Lipinski definition) is 4. The molecule has 6 heteroatoms. The molecule has 0 unspecified atom stereocenters.